The maximum absolute atomic E-state index is 13.5. The zero-order valence-corrected chi connectivity index (χ0v) is 10.2. The molecule has 2 rings (SSSR count). The highest BCUT2D eigenvalue weighted by atomic mass is 19.4. The van der Waals surface area contributed by atoms with Crippen LogP contribution in [0.25, 0.3) is 11.1 Å². The summed E-state index contributed by atoms with van der Waals surface area (Å²) in [7, 11) is 0. The SMILES string of the molecule is NCc1cc(F)cc(-c2ccccc2OC(F)(F)F)c1. The molecule has 0 aromatic heterocycles. The van der Waals surface area contributed by atoms with Gasteiger partial charge in [0.25, 0.3) is 0 Å². The van der Waals surface area contributed by atoms with Gasteiger partial charge in [-0.05, 0) is 35.4 Å². The molecule has 2 nitrogen and oxygen atoms in total. The number of rotatable bonds is 3. The topological polar surface area (TPSA) is 35.2 Å². The third-order valence-corrected chi connectivity index (χ3v) is 2.62. The number of ether oxygens (including phenoxy) is 1. The van der Waals surface area contributed by atoms with E-state index in [1.807, 2.05) is 0 Å². The summed E-state index contributed by atoms with van der Waals surface area (Å²) in [5.74, 6) is -0.946. The van der Waals surface area contributed by atoms with Crippen LogP contribution in [0.2, 0.25) is 0 Å². The molecular weight excluding hydrogens is 274 g/mol. The van der Waals surface area contributed by atoms with Crippen LogP contribution < -0.4 is 10.5 Å². The summed E-state index contributed by atoms with van der Waals surface area (Å²) in [6, 6.07) is 9.46. The molecule has 2 aromatic rings. The summed E-state index contributed by atoms with van der Waals surface area (Å²) >= 11 is 0. The van der Waals surface area contributed by atoms with Crippen LogP contribution in [0.5, 0.6) is 5.75 Å². The van der Waals surface area contributed by atoms with Crippen molar-refractivity contribution >= 4 is 0 Å². The largest absolute Gasteiger partial charge is 0.573 e. The molecule has 0 aliphatic heterocycles. The van der Waals surface area contributed by atoms with Gasteiger partial charge >= 0.3 is 6.36 Å². The third kappa shape index (κ3) is 3.48. The number of benzene rings is 2. The number of nitrogens with two attached hydrogens (primary N) is 1. The number of alkyl halides is 3. The van der Waals surface area contributed by atoms with Gasteiger partial charge in [0, 0.05) is 12.1 Å². The van der Waals surface area contributed by atoms with E-state index in [9.17, 15) is 17.6 Å². The summed E-state index contributed by atoms with van der Waals surface area (Å²) < 4.78 is 54.4. The molecule has 0 spiro atoms. The molecular formula is C14H11F4NO. The van der Waals surface area contributed by atoms with Crippen LogP contribution in [-0.2, 0) is 6.54 Å². The Labute approximate surface area is 112 Å². The van der Waals surface area contributed by atoms with E-state index in [1.54, 1.807) is 6.07 Å². The van der Waals surface area contributed by atoms with Crippen LogP contribution >= 0.6 is 0 Å². The minimum absolute atomic E-state index is 0.0903. The summed E-state index contributed by atoms with van der Waals surface area (Å²) in [6.07, 6.45) is -4.81. The van der Waals surface area contributed by atoms with Crippen molar-refractivity contribution in [2.75, 3.05) is 0 Å². The van der Waals surface area contributed by atoms with Gasteiger partial charge < -0.3 is 10.5 Å². The van der Waals surface area contributed by atoms with Gasteiger partial charge in [0.05, 0.1) is 0 Å². The predicted molar refractivity (Wildman–Crippen MR) is 66.4 cm³/mol. The smallest absolute Gasteiger partial charge is 0.405 e. The van der Waals surface area contributed by atoms with Crippen molar-refractivity contribution in [3.63, 3.8) is 0 Å². The van der Waals surface area contributed by atoms with Crippen LogP contribution in [0.3, 0.4) is 0 Å². The van der Waals surface area contributed by atoms with Gasteiger partial charge in [-0.15, -0.1) is 13.2 Å². The second-order valence-corrected chi connectivity index (χ2v) is 4.10. The average molecular weight is 285 g/mol. The second-order valence-electron chi connectivity index (χ2n) is 4.10. The summed E-state index contributed by atoms with van der Waals surface area (Å²) in [5.41, 5.74) is 6.35. The molecule has 0 aliphatic rings. The highest BCUT2D eigenvalue weighted by molar-refractivity contribution is 5.71. The van der Waals surface area contributed by atoms with E-state index in [-0.39, 0.29) is 23.4 Å². The lowest BCUT2D eigenvalue weighted by atomic mass is 10.0. The molecule has 106 valence electrons. The van der Waals surface area contributed by atoms with E-state index in [4.69, 9.17) is 5.73 Å². The highest BCUT2D eigenvalue weighted by Crippen LogP contribution is 2.34. The maximum Gasteiger partial charge on any atom is 0.573 e. The Morgan fingerprint density at radius 2 is 1.75 bits per heavy atom. The van der Waals surface area contributed by atoms with E-state index in [1.165, 1.54) is 30.3 Å². The van der Waals surface area contributed by atoms with E-state index in [2.05, 4.69) is 4.74 Å². The summed E-state index contributed by atoms with van der Waals surface area (Å²) in [4.78, 5) is 0. The zero-order chi connectivity index (χ0) is 14.8. The normalized spacial score (nSPS) is 11.4. The molecule has 0 fully saturated rings. The standard InChI is InChI=1S/C14H11F4NO/c15-11-6-9(8-19)5-10(7-11)12-3-1-2-4-13(12)20-14(16,17)18/h1-7H,8,19H2. The molecule has 2 N–H and O–H groups in total. The lowest BCUT2D eigenvalue weighted by Crippen LogP contribution is -2.17. The molecule has 0 saturated heterocycles. The first-order valence-electron chi connectivity index (χ1n) is 5.74. The van der Waals surface area contributed by atoms with Crippen molar-refractivity contribution in [3.05, 3.63) is 53.8 Å². The molecule has 2 aromatic carbocycles. The van der Waals surface area contributed by atoms with Crippen LogP contribution in [0.15, 0.2) is 42.5 Å². The van der Waals surface area contributed by atoms with Crippen LogP contribution in [0, 0.1) is 5.82 Å². The molecule has 0 unspecified atom stereocenters. The molecule has 6 heteroatoms. The number of hydrogen-bond donors (Lipinski definition) is 1. The van der Waals surface area contributed by atoms with Gasteiger partial charge in [0.2, 0.25) is 0 Å². The quantitative estimate of drug-likeness (QED) is 0.869. The fourth-order valence-corrected chi connectivity index (χ4v) is 1.84. The van der Waals surface area contributed by atoms with Crippen LogP contribution in [0.1, 0.15) is 5.56 Å². The lowest BCUT2D eigenvalue weighted by Gasteiger charge is -2.14. The molecule has 0 radical (unpaired) electrons. The van der Waals surface area contributed by atoms with Crippen LogP contribution in [-0.4, -0.2) is 6.36 Å². The summed E-state index contributed by atoms with van der Waals surface area (Å²) in [5, 5.41) is 0. The molecule has 0 saturated carbocycles. The number of hydrogen-bond acceptors (Lipinski definition) is 2. The predicted octanol–water partition coefficient (Wildman–Crippen LogP) is 3.85. The lowest BCUT2D eigenvalue weighted by molar-refractivity contribution is -0.274. The minimum atomic E-state index is -4.81. The Morgan fingerprint density at radius 3 is 2.40 bits per heavy atom. The Morgan fingerprint density at radius 1 is 1.05 bits per heavy atom. The van der Waals surface area contributed by atoms with Crippen molar-refractivity contribution in [2.24, 2.45) is 5.73 Å². The van der Waals surface area contributed by atoms with E-state index in [0.29, 0.717) is 5.56 Å². The molecule has 0 amide bonds. The van der Waals surface area contributed by atoms with Crippen molar-refractivity contribution < 1.29 is 22.3 Å². The molecule has 20 heavy (non-hydrogen) atoms. The van der Waals surface area contributed by atoms with E-state index < -0.39 is 12.2 Å². The first-order chi connectivity index (χ1) is 9.39. The Balaban J connectivity index is 2.50. The average Bonchev–Trinajstić information content (AvgIpc) is 2.36. The van der Waals surface area contributed by atoms with Crippen molar-refractivity contribution in [3.8, 4) is 16.9 Å². The highest BCUT2D eigenvalue weighted by Gasteiger charge is 2.32. The molecule has 0 atom stereocenters. The van der Waals surface area contributed by atoms with E-state index in [0.717, 1.165) is 6.07 Å². The Kier molecular flexibility index (Phi) is 3.94. The number of halogens is 4. The number of para-hydroxylation sites is 1. The van der Waals surface area contributed by atoms with Gasteiger partial charge in [0.15, 0.2) is 0 Å². The monoisotopic (exact) mass is 285 g/mol. The fraction of sp³-hybridized carbons (Fsp3) is 0.143. The first kappa shape index (κ1) is 14.3. The Hall–Kier alpha value is -2.08. The second kappa shape index (κ2) is 5.50. The maximum atomic E-state index is 13.5. The van der Waals surface area contributed by atoms with Crippen molar-refractivity contribution in [2.45, 2.75) is 12.9 Å². The summed E-state index contributed by atoms with van der Waals surface area (Å²) in [6.45, 7) is 0.0903. The van der Waals surface area contributed by atoms with E-state index >= 15 is 0 Å². The van der Waals surface area contributed by atoms with Gasteiger partial charge in [-0.1, -0.05) is 18.2 Å². The molecule has 0 bridgehead atoms. The van der Waals surface area contributed by atoms with Gasteiger partial charge in [-0.2, -0.15) is 0 Å². The van der Waals surface area contributed by atoms with Crippen LogP contribution in [0.4, 0.5) is 17.6 Å². The molecule has 0 heterocycles. The third-order valence-electron chi connectivity index (χ3n) is 2.62. The minimum Gasteiger partial charge on any atom is -0.405 e. The van der Waals surface area contributed by atoms with Gasteiger partial charge in [-0.3, -0.25) is 0 Å². The molecule has 0 aliphatic carbocycles. The van der Waals surface area contributed by atoms with Gasteiger partial charge in [0.1, 0.15) is 11.6 Å². The van der Waals surface area contributed by atoms with Crippen molar-refractivity contribution in [1.29, 1.82) is 0 Å². The van der Waals surface area contributed by atoms with Gasteiger partial charge in [-0.25, -0.2) is 4.39 Å². The fourth-order valence-electron chi connectivity index (χ4n) is 1.84. The Bertz CT molecular complexity index is 610. The zero-order valence-electron chi connectivity index (χ0n) is 10.2. The van der Waals surface area contributed by atoms with Crippen molar-refractivity contribution in [1.82, 2.24) is 0 Å². The first-order valence-corrected chi connectivity index (χ1v) is 5.74.